The lowest BCUT2D eigenvalue weighted by Crippen LogP contribution is -2.52. The molecule has 0 saturated carbocycles. The predicted octanol–water partition coefficient (Wildman–Crippen LogP) is 0.564. The Kier molecular flexibility index (Phi) is 6.56. The first-order valence-corrected chi connectivity index (χ1v) is 8.66. The number of aryl methyl sites for hydroxylation is 1. The van der Waals surface area contributed by atoms with Crippen LogP contribution in [0.5, 0.6) is 0 Å². The third-order valence-corrected chi connectivity index (χ3v) is 4.88. The summed E-state index contributed by atoms with van der Waals surface area (Å²) in [6.07, 6.45) is 0.937. The van der Waals surface area contributed by atoms with E-state index in [0.717, 1.165) is 16.9 Å². The van der Waals surface area contributed by atoms with Crippen molar-refractivity contribution in [3.63, 3.8) is 0 Å². The summed E-state index contributed by atoms with van der Waals surface area (Å²) in [5.41, 5.74) is 2.21. The number of likely N-dealkylation sites (N-methyl/N-ethyl adjacent to an activating group) is 1. The second kappa shape index (κ2) is 8.49. The second-order valence-corrected chi connectivity index (χ2v) is 6.44. The molecule has 2 aliphatic heterocycles. The number of urea groups is 1. The van der Waals surface area contributed by atoms with E-state index in [9.17, 15) is 19.2 Å². The van der Waals surface area contributed by atoms with E-state index >= 15 is 0 Å². The Morgan fingerprint density at radius 2 is 1.81 bits per heavy atom. The third-order valence-electron chi connectivity index (χ3n) is 4.88. The quantitative estimate of drug-likeness (QED) is 0.595. The molecule has 146 valence electrons. The number of benzene rings is 1. The summed E-state index contributed by atoms with van der Waals surface area (Å²) in [6.45, 7) is 3.36. The highest BCUT2D eigenvalue weighted by atomic mass is 35.5. The molecular weight excluding hydrogens is 372 g/mol. The molecule has 2 fully saturated rings. The van der Waals surface area contributed by atoms with Crippen LogP contribution in [0, 0.1) is 0 Å². The van der Waals surface area contributed by atoms with Gasteiger partial charge in [-0.15, -0.1) is 12.4 Å². The van der Waals surface area contributed by atoms with Crippen LogP contribution in [0.4, 0.5) is 4.79 Å². The third kappa shape index (κ3) is 3.96. The van der Waals surface area contributed by atoms with Gasteiger partial charge in [0.25, 0.3) is 0 Å². The van der Waals surface area contributed by atoms with Crippen LogP contribution < -0.4 is 5.32 Å². The molecule has 1 atom stereocenters. The SMILES string of the molecule is CCc1ccc(C2CNCCN2C(=O)CN2C(=O)C(=O)N(C)C2=O)cc1.Cl. The van der Waals surface area contributed by atoms with Crippen molar-refractivity contribution in [2.45, 2.75) is 19.4 Å². The van der Waals surface area contributed by atoms with Gasteiger partial charge in [0.15, 0.2) is 0 Å². The van der Waals surface area contributed by atoms with Crippen LogP contribution in [0.3, 0.4) is 0 Å². The average molecular weight is 395 g/mol. The van der Waals surface area contributed by atoms with Crippen LogP contribution in [0.25, 0.3) is 0 Å². The number of nitrogens with one attached hydrogen (secondary N) is 1. The maximum absolute atomic E-state index is 12.8. The highest BCUT2D eigenvalue weighted by molar-refractivity contribution is 6.44. The van der Waals surface area contributed by atoms with E-state index in [4.69, 9.17) is 0 Å². The highest BCUT2D eigenvalue weighted by Crippen LogP contribution is 2.23. The molecule has 1 unspecified atom stereocenters. The van der Waals surface area contributed by atoms with E-state index in [-0.39, 0.29) is 24.4 Å². The van der Waals surface area contributed by atoms with E-state index in [2.05, 4.69) is 12.2 Å². The highest BCUT2D eigenvalue weighted by Gasteiger charge is 2.44. The minimum atomic E-state index is -0.954. The Morgan fingerprint density at radius 3 is 2.37 bits per heavy atom. The average Bonchev–Trinajstić information content (AvgIpc) is 2.86. The molecule has 1 aromatic rings. The van der Waals surface area contributed by atoms with Gasteiger partial charge in [0.05, 0.1) is 6.04 Å². The number of hydrogen-bond donors (Lipinski definition) is 1. The normalized spacial score (nSPS) is 20.1. The number of carbonyl (C=O) groups is 4. The monoisotopic (exact) mass is 394 g/mol. The summed E-state index contributed by atoms with van der Waals surface area (Å²) in [6, 6.07) is 7.14. The maximum Gasteiger partial charge on any atom is 0.334 e. The molecule has 1 aromatic carbocycles. The lowest BCUT2D eigenvalue weighted by molar-refractivity contribution is -0.145. The van der Waals surface area contributed by atoms with E-state index in [1.165, 1.54) is 12.6 Å². The Balaban J connectivity index is 0.00000261. The lowest BCUT2D eigenvalue weighted by atomic mass is 10.0. The summed E-state index contributed by atoms with van der Waals surface area (Å²) in [5.74, 6) is -2.21. The van der Waals surface area contributed by atoms with Crippen molar-refractivity contribution in [3.8, 4) is 0 Å². The van der Waals surface area contributed by atoms with Crippen molar-refractivity contribution in [2.75, 3.05) is 33.2 Å². The van der Waals surface area contributed by atoms with Crippen LogP contribution in [0.1, 0.15) is 24.1 Å². The second-order valence-electron chi connectivity index (χ2n) is 6.44. The molecule has 2 heterocycles. The Hall–Kier alpha value is -2.45. The van der Waals surface area contributed by atoms with Gasteiger partial charge in [0.1, 0.15) is 6.54 Å². The standard InChI is InChI=1S/C18H22N4O4.ClH/c1-3-12-4-6-13(7-5-12)14-10-19-8-9-21(14)15(23)11-22-17(25)16(24)20(2)18(22)26;/h4-7,14,19H,3,8-11H2,1-2H3;1H. The molecule has 0 spiro atoms. The van der Waals surface area contributed by atoms with Crippen molar-refractivity contribution in [1.29, 1.82) is 0 Å². The molecule has 2 aliphatic rings. The molecule has 0 aliphatic carbocycles. The van der Waals surface area contributed by atoms with E-state index < -0.39 is 24.4 Å². The summed E-state index contributed by atoms with van der Waals surface area (Å²) < 4.78 is 0. The van der Waals surface area contributed by atoms with Crippen LogP contribution in [-0.2, 0) is 20.8 Å². The van der Waals surface area contributed by atoms with Crippen LogP contribution in [0.15, 0.2) is 24.3 Å². The molecule has 0 bridgehead atoms. The summed E-state index contributed by atoms with van der Waals surface area (Å²) in [5, 5.41) is 3.27. The van der Waals surface area contributed by atoms with Crippen molar-refractivity contribution in [2.24, 2.45) is 0 Å². The van der Waals surface area contributed by atoms with Gasteiger partial charge in [-0.25, -0.2) is 9.69 Å². The number of carbonyl (C=O) groups excluding carboxylic acids is 4. The van der Waals surface area contributed by atoms with Crippen LogP contribution in [-0.4, -0.2) is 71.7 Å². The van der Waals surface area contributed by atoms with E-state index in [1.807, 2.05) is 24.3 Å². The smallest absolute Gasteiger partial charge is 0.332 e. The van der Waals surface area contributed by atoms with Crippen molar-refractivity contribution < 1.29 is 19.2 Å². The van der Waals surface area contributed by atoms with Crippen molar-refractivity contribution in [3.05, 3.63) is 35.4 Å². The molecule has 3 rings (SSSR count). The van der Waals surface area contributed by atoms with Gasteiger partial charge in [0.2, 0.25) is 5.91 Å². The fourth-order valence-corrected chi connectivity index (χ4v) is 3.26. The van der Waals surface area contributed by atoms with E-state index in [1.54, 1.807) is 4.90 Å². The van der Waals surface area contributed by atoms with Crippen molar-refractivity contribution in [1.82, 2.24) is 20.0 Å². The number of hydrogen-bond acceptors (Lipinski definition) is 5. The van der Waals surface area contributed by atoms with Crippen molar-refractivity contribution >= 4 is 36.2 Å². The molecule has 8 nitrogen and oxygen atoms in total. The summed E-state index contributed by atoms with van der Waals surface area (Å²) in [4.78, 5) is 51.4. The zero-order chi connectivity index (χ0) is 18.8. The predicted molar refractivity (Wildman–Crippen MR) is 100 cm³/mol. The van der Waals surface area contributed by atoms with Gasteiger partial charge < -0.3 is 10.2 Å². The Labute approximate surface area is 163 Å². The van der Waals surface area contributed by atoms with Gasteiger partial charge in [-0.1, -0.05) is 31.2 Å². The molecule has 1 N–H and O–H groups in total. The first-order valence-electron chi connectivity index (χ1n) is 8.66. The van der Waals surface area contributed by atoms with Crippen LogP contribution >= 0.6 is 12.4 Å². The summed E-state index contributed by atoms with van der Waals surface area (Å²) >= 11 is 0. The number of rotatable bonds is 4. The van der Waals surface area contributed by atoms with Gasteiger partial charge in [-0.2, -0.15) is 0 Å². The topological polar surface area (TPSA) is 90.0 Å². The first kappa shape index (κ1) is 20.9. The molecule has 2 saturated heterocycles. The molecule has 0 radical (unpaired) electrons. The fraction of sp³-hybridized carbons (Fsp3) is 0.444. The van der Waals surface area contributed by atoms with E-state index in [0.29, 0.717) is 24.5 Å². The maximum atomic E-state index is 12.8. The van der Waals surface area contributed by atoms with Gasteiger partial charge in [-0.3, -0.25) is 19.3 Å². The number of nitrogens with zero attached hydrogens (tertiary/aromatic N) is 3. The number of imide groups is 2. The molecule has 5 amide bonds. The summed E-state index contributed by atoms with van der Waals surface area (Å²) in [7, 11) is 1.23. The first-order chi connectivity index (χ1) is 12.4. The minimum absolute atomic E-state index is 0. The number of amides is 5. The Bertz CT molecular complexity index is 752. The molecule has 0 aromatic heterocycles. The van der Waals surface area contributed by atoms with Gasteiger partial charge in [-0.05, 0) is 17.5 Å². The Morgan fingerprint density at radius 1 is 1.15 bits per heavy atom. The zero-order valence-corrected chi connectivity index (χ0v) is 16.1. The lowest BCUT2D eigenvalue weighted by Gasteiger charge is -2.37. The van der Waals surface area contributed by atoms with Gasteiger partial charge >= 0.3 is 17.8 Å². The van der Waals surface area contributed by atoms with Crippen LogP contribution in [0.2, 0.25) is 0 Å². The van der Waals surface area contributed by atoms with Gasteiger partial charge in [0, 0.05) is 26.7 Å². The molecule has 9 heteroatoms. The molecular formula is C18H23ClN4O4. The number of halogens is 1. The fourth-order valence-electron chi connectivity index (χ4n) is 3.26. The minimum Gasteiger partial charge on any atom is -0.332 e. The number of piperazine rings is 1. The molecule has 27 heavy (non-hydrogen) atoms. The zero-order valence-electron chi connectivity index (χ0n) is 15.3. The largest absolute Gasteiger partial charge is 0.334 e.